The quantitative estimate of drug-likeness (QED) is 0.851. The molecule has 0 heterocycles. The molecule has 2 rings (SSSR count). The molecule has 1 N–H and O–H groups in total. The summed E-state index contributed by atoms with van der Waals surface area (Å²) in [4.78, 5) is 2.00. The van der Waals surface area contributed by atoms with Crippen molar-refractivity contribution in [3.8, 4) is 0 Å². The van der Waals surface area contributed by atoms with Crippen molar-refractivity contribution >= 4 is 0 Å². The topological polar surface area (TPSA) is 23.5 Å². The van der Waals surface area contributed by atoms with E-state index in [2.05, 4.69) is 20.8 Å². The van der Waals surface area contributed by atoms with Gasteiger partial charge in [-0.1, -0.05) is 20.8 Å². The predicted molar refractivity (Wildman–Crippen MR) is 72.3 cm³/mol. The van der Waals surface area contributed by atoms with E-state index in [4.69, 9.17) is 0 Å². The number of hydrogen-bond donors (Lipinski definition) is 1. The lowest BCUT2D eigenvalue weighted by molar-refractivity contribution is -0.0357. The van der Waals surface area contributed by atoms with Gasteiger partial charge in [-0.05, 0) is 43.4 Å². The minimum atomic E-state index is -2.28. The van der Waals surface area contributed by atoms with Crippen LogP contribution in [0.5, 0.6) is 0 Å². The highest BCUT2D eigenvalue weighted by molar-refractivity contribution is 4.97. The number of halogens is 2. The highest BCUT2D eigenvalue weighted by Gasteiger charge is 2.44. The van der Waals surface area contributed by atoms with Gasteiger partial charge in [0.1, 0.15) is 0 Å². The summed E-state index contributed by atoms with van der Waals surface area (Å²) >= 11 is 0. The van der Waals surface area contributed by atoms with E-state index in [1.807, 2.05) is 4.90 Å². The number of hydrogen-bond acceptors (Lipinski definition) is 2. The van der Waals surface area contributed by atoms with Crippen LogP contribution < -0.4 is 0 Å². The smallest absolute Gasteiger partial charge is 0.251 e. The van der Waals surface area contributed by atoms with Gasteiger partial charge in [-0.15, -0.1) is 0 Å². The third-order valence-corrected chi connectivity index (χ3v) is 4.69. The zero-order chi connectivity index (χ0) is 14.2. The van der Waals surface area contributed by atoms with Crippen molar-refractivity contribution in [3.05, 3.63) is 0 Å². The lowest BCUT2D eigenvalue weighted by Gasteiger charge is -2.47. The molecule has 3 atom stereocenters. The molecule has 3 unspecified atom stereocenters. The monoisotopic (exact) mass is 275 g/mol. The first-order valence-electron chi connectivity index (χ1n) is 7.51. The fourth-order valence-electron chi connectivity index (χ4n) is 3.62. The molecule has 0 saturated heterocycles. The second-order valence-electron chi connectivity index (χ2n) is 7.33. The van der Waals surface area contributed by atoms with Crippen LogP contribution in [0.4, 0.5) is 8.78 Å². The van der Waals surface area contributed by atoms with Crippen LogP contribution in [0.1, 0.15) is 52.9 Å². The van der Waals surface area contributed by atoms with E-state index in [0.717, 1.165) is 25.7 Å². The molecule has 2 aliphatic carbocycles. The van der Waals surface area contributed by atoms with Crippen molar-refractivity contribution in [1.82, 2.24) is 4.90 Å². The Bertz CT molecular complexity index is 299. The van der Waals surface area contributed by atoms with Crippen molar-refractivity contribution in [2.24, 2.45) is 11.3 Å². The molecule has 2 nitrogen and oxygen atoms in total. The van der Waals surface area contributed by atoms with Gasteiger partial charge in [0.15, 0.2) is 0 Å². The third kappa shape index (κ3) is 3.88. The maximum Gasteiger partial charge on any atom is 0.251 e. The van der Waals surface area contributed by atoms with Crippen molar-refractivity contribution in [1.29, 1.82) is 0 Å². The molecule has 19 heavy (non-hydrogen) atoms. The Morgan fingerprint density at radius 3 is 2.26 bits per heavy atom. The van der Waals surface area contributed by atoms with Crippen molar-refractivity contribution in [2.45, 2.75) is 77.5 Å². The van der Waals surface area contributed by atoms with Crippen LogP contribution in [0.25, 0.3) is 0 Å². The molecular weight excluding hydrogens is 248 g/mol. The summed E-state index contributed by atoms with van der Waals surface area (Å²) in [6.07, 6.45) is 1.90. The van der Waals surface area contributed by atoms with E-state index in [0.29, 0.717) is 18.4 Å². The van der Waals surface area contributed by atoms with E-state index in [9.17, 15) is 13.9 Å². The molecule has 0 aromatic carbocycles. The summed E-state index contributed by atoms with van der Waals surface area (Å²) in [5.74, 6) is 0.398. The number of nitrogens with zero attached hydrogens (tertiary/aromatic N) is 1. The van der Waals surface area contributed by atoms with E-state index in [1.165, 1.54) is 0 Å². The Morgan fingerprint density at radius 1 is 1.16 bits per heavy atom. The Morgan fingerprint density at radius 2 is 1.79 bits per heavy atom. The molecule has 0 aromatic heterocycles. The van der Waals surface area contributed by atoms with Crippen LogP contribution in [0.3, 0.4) is 0 Å². The van der Waals surface area contributed by atoms with Gasteiger partial charge in [-0.2, -0.15) is 0 Å². The molecule has 4 heteroatoms. The first-order chi connectivity index (χ1) is 8.79. The molecule has 0 amide bonds. The van der Waals surface area contributed by atoms with Crippen molar-refractivity contribution in [2.75, 3.05) is 6.54 Å². The molecule has 0 aromatic rings. The van der Waals surface area contributed by atoms with Gasteiger partial charge in [0.25, 0.3) is 6.43 Å². The fraction of sp³-hybridized carbons (Fsp3) is 1.00. The lowest BCUT2D eigenvalue weighted by Crippen LogP contribution is -2.51. The fourth-order valence-corrected chi connectivity index (χ4v) is 3.62. The molecule has 2 aliphatic rings. The average Bonchev–Trinajstić information content (AvgIpc) is 3.07. The van der Waals surface area contributed by atoms with Gasteiger partial charge in [0, 0.05) is 12.1 Å². The zero-order valence-corrected chi connectivity index (χ0v) is 12.3. The second kappa shape index (κ2) is 5.65. The van der Waals surface area contributed by atoms with Gasteiger partial charge in [0.2, 0.25) is 0 Å². The Hall–Kier alpha value is -0.220. The van der Waals surface area contributed by atoms with Crippen molar-refractivity contribution in [3.63, 3.8) is 0 Å². The number of rotatable bonds is 4. The molecule has 0 radical (unpaired) electrons. The normalized spacial score (nSPS) is 33.2. The molecule has 2 fully saturated rings. The highest BCUT2D eigenvalue weighted by Crippen LogP contribution is 2.43. The Kier molecular flexibility index (Phi) is 4.51. The predicted octanol–water partition coefficient (Wildman–Crippen LogP) is 3.29. The SMILES string of the molecule is CC(C)(C)C1CCC(O)CC1N(CC(F)F)C1CC1. The molecular formula is C15H27F2NO. The lowest BCUT2D eigenvalue weighted by atomic mass is 9.68. The summed E-state index contributed by atoms with van der Waals surface area (Å²) in [7, 11) is 0. The van der Waals surface area contributed by atoms with Gasteiger partial charge in [-0.25, -0.2) is 8.78 Å². The molecule has 0 spiro atoms. The first kappa shape index (κ1) is 15.2. The summed E-state index contributed by atoms with van der Waals surface area (Å²) in [5, 5.41) is 9.93. The summed E-state index contributed by atoms with van der Waals surface area (Å²) in [6, 6.07) is 0.444. The molecule has 2 saturated carbocycles. The highest BCUT2D eigenvalue weighted by atomic mass is 19.3. The van der Waals surface area contributed by atoms with E-state index >= 15 is 0 Å². The standard InChI is InChI=1S/C15H27F2NO/c1-15(2,3)12-7-6-11(19)8-13(12)18(9-14(16)17)10-4-5-10/h10-14,19H,4-9H2,1-3H3. The van der Waals surface area contributed by atoms with Crippen LogP contribution >= 0.6 is 0 Å². The van der Waals surface area contributed by atoms with Crippen molar-refractivity contribution < 1.29 is 13.9 Å². The zero-order valence-electron chi connectivity index (χ0n) is 12.3. The van der Waals surface area contributed by atoms with Crippen LogP contribution in [-0.4, -0.2) is 41.2 Å². The minimum Gasteiger partial charge on any atom is -0.393 e. The third-order valence-electron chi connectivity index (χ3n) is 4.69. The van der Waals surface area contributed by atoms with E-state index < -0.39 is 6.43 Å². The van der Waals surface area contributed by atoms with Crippen LogP contribution in [0, 0.1) is 11.3 Å². The summed E-state index contributed by atoms with van der Waals surface area (Å²) in [6.45, 7) is 6.44. The van der Waals surface area contributed by atoms with Gasteiger partial charge >= 0.3 is 0 Å². The summed E-state index contributed by atoms with van der Waals surface area (Å²) < 4.78 is 25.7. The number of aliphatic hydroxyl groups excluding tert-OH is 1. The summed E-state index contributed by atoms with van der Waals surface area (Å²) in [5.41, 5.74) is 0.111. The Labute approximate surface area is 115 Å². The molecule has 0 aliphatic heterocycles. The maximum atomic E-state index is 12.8. The van der Waals surface area contributed by atoms with E-state index in [-0.39, 0.29) is 24.1 Å². The molecule has 112 valence electrons. The van der Waals surface area contributed by atoms with Crippen LogP contribution in [0.15, 0.2) is 0 Å². The average molecular weight is 275 g/mol. The molecule has 0 bridgehead atoms. The van der Waals surface area contributed by atoms with Crippen LogP contribution in [-0.2, 0) is 0 Å². The minimum absolute atomic E-state index is 0.111. The largest absolute Gasteiger partial charge is 0.393 e. The first-order valence-corrected chi connectivity index (χ1v) is 7.51. The van der Waals surface area contributed by atoms with Crippen LogP contribution in [0.2, 0.25) is 0 Å². The number of alkyl halides is 2. The van der Waals surface area contributed by atoms with E-state index in [1.54, 1.807) is 0 Å². The maximum absolute atomic E-state index is 12.8. The van der Waals surface area contributed by atoms with Gasteiger partial charge < -0.3 is 5.11 Å². The van der Waals surface area contributed by atoms with Gasteiger partial charge in [-0.3, -0.25) is 4.90 Å². The number of aliphatic hydroxyl groups is 1. The Balaban J connectivity index is 2.14. The van der Waals surface area contributed by atoms with Gasteiger partial charge in [0.05, 0.1) is 12.6 Å². The second-order valence-corrected chi connectivity index (χ2v) is 7.33.